The summed E-state index contributed by atoms with van der Waals surface area (Å²) in [6, 6.07) is 3.81. The second-order valence-electron chi connectivity index (χ2n) is 7.03. The number of hydrogen-bond donors (Lipinski definition) is 2. The van der Waals surface area contributed by atoms with Gasteiger partial charge >= 0.3 is 0 Å². The highest BCUT2D eigenvalue weighted by atomic mass is 16.3. The summed E-state index contributed by atoms with van der Waals surface area (Å²) >= 11 is 0. The van der Waals surface area contributed by atoms with E-state index in [2.05, 4.69) is 46.7 Å². The number of nitrogen functional groups attached to an aromatic ring is 1. The molecular weight excluding hydrogens is 372 g/mol. The van der Waals surface area contributed by atoms with E-state index in [4.69, 9.17) is 10.2 Å². The Balaban J connectivity index is 1.37. The van der Waals surface area contributed by atoms with Gasteiger partial charge in [0.15, 0.2) is 5.76 Å². The second kappa shape index (κ2) is 7.17. The molecule has 0 radical (unpaired) electrons. The first-order chi connectivity index (χ1) is 14.2. The fourth-order valence-electron chi connectivity index (χ4n) is 3.65. The average Bonchev–Trinajstić information content (AvgIpc) is 3.46. The summed E-state index contributed by atoms with van der Waals surface area (Å²) < 4.78 is 6.80. The lowest BCUT2D eigenvalue weighted by atomic mass is 10.2. The van der Waals surface area contributed by atoms with Gasteiger partial charge in [0.25, 0.3) is 5.78 Å². The quantitative estimate of drug-likeness (QED) is 0.527. The van der Waals surface area contributed by atoms with Crippen molar-refractivity contribution in [2.24, 2.45) is 0 Å². The molecule has 11 heteroatoms. The number of imidazole rings is 1. The van der Waals surface area contributed by atoms with Crippen LogP contribution in [-0.2, 0) is 0 Å². The number of fused-ring (bicyclic) bond motifs is 1. The molecule has 1 saturated heterocycles. The summed E-state index contributed by atoms with van der Waals surface area (Å²) in [5.74, 6) is 3.20. The van der Waals surface area contributed by atoms with Gasteiger partial charge in [-0.15, -0.1) is 5.10 Å². The number of furan rings is 1. The van der Waals surface area contributed by atoms with E-state index in [1.165, 1.54) is 4.52 Å². The minimum Gasteiger partial charge on any atom is -0.461 e. The van der Waals surface area contributed by atoms with Gasteiger partial charge in [0.05, 0.1) is 12.3 Å². The van der Waals surface area contributed by atoms with Crippen molar-refractivity contribution < 1.29 is 4.42 Å². The van der Waals surface area contributed by atoms with Gasteiger partial charge in [0.1, 0.15) is 5.82 Å². The molecule has 1 fully saturated rings. The predicted molar refractivity (Wildman–Crippen MR) is 106 cm³/mol. The third kappa shape index (κ3) is 3.29. The van der Waals surface area contributed by atoms with Crippen molar-refractivity contribution in [2.45, 2.75) is 19.4 Å². The molecule has 3 N–H and O–H groups in total. The summed E-state index contributed by atoms with van der Waals surface area (Å²) in [4.78, 5) is 25.7. The maximum atomic E-state index is 6.14. The van der Waals surface area contributed by atoms with E-state index in [1.54, 1.807) is 24.6 Å². The van der Waals surface area contributed by atoms with Crippen molar-refractivity contribution in [1.82, 2.24) is 39.4 Å². The van der Waals surface area contributed by atoms with Crippen LogP contribution >= 0.6 is 0 Å². The third-order valence-corrected chi connectivity index (χ3v) is 5.24. The molecule has 1 aliphatic heterocycles. The van der Waals surface area contributed by atoms with Gasteiger partial charge in [-0.05, 0) is 25.5 Å². The Morgan fingerprint density at radius 1 is 1.17 bits per heavy atom. The Morgan fingerprint density at radius 2 is 2.10 bits per heavy atom. The molecule has 4 aromatic heterocycles. The molecule has 0 aliphatic carbocycles. The van der Waals surface area contributed by atoms with Crippen molar-refractivity contribution in [2.75, 3.05) is 36.8 Å². The molecule has 11 nitrogen and oxygen atoms in total. The zero-order valence-corrected chi connectivity index (χ0v) is 16.1. The normalized spacial score (nSPS) is 16.9. The number of H-pyrrole nitrogens is 1. The Kier molecular flexibility index (Phi) is 4.35. The summed E-state index contributed by atoms with van der Waals surface area (Å²) in [5, 5.41) is 4.35. The van der Waals surface area contributed by atoms with Gasteiger partial charge in [-0.2, -0.15) is 19.5 Å². The Bertz CT molecular complexity index is 1090. The fourth-order valence-corrected chi connectivity index (χ4v) is 3.65. The number of rotatable bonds is 4. The van der Waals surface area contributed by atoms with Crippen molar-refractivity contribution >= 4 is 17.7 Å². The predicted octanol–water partition coefficient (Wildman–Crippen LogP) is 1.36. The first-order valence-electron chi connectivity index (χ1n) is 9.61. The van der Waals surface area contributed by atoms with Gasteiger partial charge < -0.3 is 20.0 Å². The van der Waals surface area contributed by atoms with Crippen LogP contribution in [0.5, 0.6) is 0 Å². The number of aromatic nitrogens is 7. The number of anilines is 2. The maximum absolute atomic E-state index is 6.14. The SMILES string of the molecule is CC(c1ncc[nH]1)N1CCCN(c2nc(N)n3nc(-c4ccco4)nc3n2)CC1. The molecular formula is C18H22N10O. The lowest BCUT2D eigenvalue weighted by molar-refractivity contribution is 0.219. The van der Waals surface area contributed by atoms with Gasteiger partial charge in [-0.25, -0.2) is 4.98 Å². The molecule has 0 spiro atoms. The fraction of sp³-hybridized carbons (Fsp3) is 0.389. The van der Waals surface area contributed by atoms with Crippen LogP contribution in [0.1, 0.15) is 25.2 Å². The summed E-state index contributed by atoms with van der Waals surface area (Å²) in [6.45, 7) is 5.65. The molecule has 0 aromatic carbocycles. The molecule has 4 aromatic rings. The van der Waals surface area contributed by atoms with E-state index in [0.717, 1.165) is 38.4 Å². The van der Waals surface area contributed by atoms with Crippen molar-refractivity contribution in [3.05, 3.63) is 36.6 Å². The standard InChI is InChI=1S/C18H22N10O/c1-12(14-20-5-6-21-14)26-7-3-8-27(10-9-26)17-23-16(19)28-18(24-17)22-15(25-28)13-4-2-11-29-13/h2,4-6,11-12H,3,7-10H2,1H3,(H,20,21)(H2,19,22,23,24,25). The smallest absolute Gasteiger partial charge is 0.259 e. The van der Waals surface area contributed by atoms with Crippen LogP contribution in [0.3, 0.4) is 0 Å². The lowest BCUT2D eigenvalue weighted by Crippen LogP contribution is -2.33. The van der Waals surface area contributed by atoms with E-state index in [1.807, 2.05) is 6.20 Å². The summed E-state index contributed by atoms with van der Waals surface area (Å²) in [6.07, 6.45) is 6.21. The molecule has 1 atom stereocenters. The van der Waals surface area contributed by atoms with Crippen molar-refractivity contribution in [1.29, 1.82) is 0 Å². The van der Waals surface area contributed by atoms with E-state index in [-0.39, 0.29) is 12.0 Å². The van der Waals surface area contributed by atoms with Crippen LogP contribution in [0.25, 0.3) is 17.4 Å². The van der Waals surface area contributed by atoms with Crippen LogP contribution in [0, 0.1) is 0 Å². The molecule has 0 bridgehead atoms. The number of nitrogens with two attached hydrogens (primary N) is 1. The second-order valence-corrected chi connectivity index (χ2v) is 7.03. The highest BCUT2D eigenvalue weighted by Crippen LogP contribution is 2.22. The van der Waals surface area contributed by atoms with Crippen LogP contribution in [-0.4, -0.2) is 65.6 Å². The highest BCUT2D eigenvalue weighted by Gasteiger charge is 2.24. The van der Waals surface area contributed by atoms with Gasteiger partial charge in [0, 0.05) is 38.6 Å². The van der Waals surface area contributed by atoms with Crippen LogP contribution in [0.4, 0.5) is 11.9 Å². The summed E-state index contributed by atoms with van der Waals surface area (Å²) in [5.41, 5.74) is 6.14. The molecule has 150 valence electrons. The molecule has 5 rings (SSSR count). The molecule has 0 amide bonds. The van der Waals surface area contributed by atoms with Crippen LogP contribution < -0.4 is 10.6 Å². The van der Waals surface area contributed by atoms with Gasteiger partial charge in [-0.1, -0.05) is 0 Å². The molecule has 1 aliphatic rings. The maximum Gasteiger partial charge on any atom is 0.259 e. The van der Waals surface area contributed by atoms with E-state index >= 15 is 0 Å². The number of nitrogens with one attached hydrogen (secondary N) is 1. The zero-order chi connectivity index (χ0) is 19.8. The average molecular weight is 394 g/mol. The van der Waals surface area contributed by atoms with E-state index in [9.17, 15) is 0 Å². The number of aromatic amines is 1. The lowest BCUT2D eigenvalue weighted by Gasteiger charge is -2.26. The minimum absolute atomic E-state index is 0.228. The van der Waals surface area contributed by atoms with Crippen LogP contribution in [0.15, 0.2) is 35.2 Å². The highest BCUT2D eigenvalue weighted by molar-refractivity contribution is 5.53. The minimum atomic E-state index is 0.228. The van der Waals surface area contributed by atoms with Gasteiger partial charge in [-0.3, -0.25) is 4.90 Å². The van der Waals surface area contributed by atoms with Crippen LogP contribution in [0.2, 0.25) is 0 Å². The number of hydrogen-bond acceptors (Lipinski definition) is 9. The van der Waals surface area contributed by atoms with E-state index < -0.39 is 0 Å². The Morgan fingerprint density at radius 3 is 2.90 bits per heavy atom. The molecule has 0 saturated carbocycles. The zero-order valence-electron chi connectivity index (χ0n) is 16.1. The monoisotopic (exact) mass is 394 g/mol. The molecule has 29 heavy (non-hydrogen) atoms. The topological polar surface area (TPSA) is 130 Å². The van der Waals surface area contributed by atoms with Crippen molar-refractivity contribution in [3.63, 3.8) is 0 Å². The van der Waals surface area contributed by atoms with Crippen molar-refractivity contribution in [3.8, 4) is 11.6 Å². The first kappa shape index (κ1) is 17.6. The Hall–Kier alpha value is -3.47. The van der Waals surface area contributed by atoms with E-state index in [0.29, 0.717) is 23.3 Å². The summed E-state index contributed by atoms with van der Waals surface area (Å²) in [7, 11) is 0. The largest absolute Gasteiger partial charge is 0.461 e. The number of nitrogens with zero attached hydrogens (tertiary/aromatic N) is 8. The van der Waals surface area contributed by atoms with Gasteiger partial charge in [0.2, 0.25) is 17.7 Å². The third-order valence-electron chi connectivity index (χ3n) is 5.24. The molecule has 1 unspecified atom stereocenters. The molecule has 5 heterocycles. The Labute approximate surface area is 166 Å². The first-order valence-corrected chi connectivity index (χ1v) is 9.61.